The first-order chi connectivity index (χ1) is 13.9. The summed E-state index contributed by atoms with van der Waals surface area (Å²) >= 11 is 0. The Bertz CT molecular complexity index is 937. The molecule has 0 spiro atoms. The number of carbonyl (C=O) groups excluding carboxylic acids is 3. The zero-order chi connectivity index (χ0) is 20.4. The summed E-state index contributed by atoms with van der Waals surface area (Å²) in [5, 5.41) is 5.41. The first-order valence-corrected chi connectivity index (χ1v) is 9.71. The van der Waals surface area contributed by atoms with Gasteiger partial charge in [-0.1, -0.05) is 0 Å². The second-order valence-corrected chi connectivity index (χ2v) is 7.99. The number of carbonyl (C=O) groups is 3. The number of benzene rings is 1. The third-order valence-electron chi connectivity index (χ3n) is 6.43. The number of piperidine rings is 1. The number of nitrogens with one attached hydrogen (secondary N) is 2. The summed E-state index contributed by atoms with van der Waals surface area (Å²) in [5.41, 5.74) is -0.507. The molecule has 0 aliphatic carbocycles. The molecule has 4 heterocycles. The highest BCUT2D eigenvalue weighted by Gasteiger charge is 2.47. The average molecular weight is 408 g/mol. The van der Waals surface area contributed by atoms with Gasteiger partial charge in [-0.15, -0.1) is 0 Å². The Kier molecular flexibility index (Phi) is 4.09. The number of fused-ring (bicyclic) bond motifs is 3. The molecular formula is C19H19F3N4O3. The first-order valence-electron chi connectivity index (χ1n) is 9.71. The van der Waals surface area contributed by atoms with Crippen LogP contribution in [0.1, 0.15) is 41.6 Å². The molecule has 2 bridgehead atoms. The predicted molar refractivity (Wildman–Crippen MR) is 94.5 cm³/mol. The van der Waals surface area contributed by atoms with Crippen molar-refractivity contribution in [2.45, 2.75) is 50.4 Å². The molecular weight excluding hydrogens is 389 g/mol. The summed E-state index contributed by atoms with van der Waals surface area (Å²) in [6.07, 6.45) is 1.70. The van der Waals surface area contributed by atoms with E-state index in [1.807, 2.05) is 0 Å². The number of rotatable bonds is 2. The largest absolute Gasteiger partial charge is 0.360 e. The van der Waals surface area contributed by atoms with Gasteiger partial charge in [-0.2, -0.15) is 0 Å². The van der Waals surface area contributed by atoms with Crippen LogP contribution in [0.25, 0.3) is 0 Å². The van der Waals surface area contributed by atoms with Gasteiger partial charge in [0, 0.05) is 43.7 Å². The summed E-state index contributed by atoms with van der Waals surface area (Å²) < 4.78 is 44.1. The number of nitrogens with zero attached hydrogens (tertiary/aromatic N) is 2. The van der Waals surface area contributed by atoms with E-state index in [1.54, 1.807) is 4.90 Å². The summed E-state index contributed by atoms with van der Waals surface area (Å²) in [4.78, 5) is 39.4. The van der Waals surface area contributed by atoms with E-state index >= 15 is 0 Å². The van der Waals surface area contributed by atoms with Gasteiger partial charge >= 0.3 is 0 Å². The lowest BCUT2D eigenvalue weighted by molar-refractivity contribution is -0.136. The highest BCUT2D eigenvalue weighted by molar-refractivity contribution is 6.06. The maximum absolute atomic E-state index is 15.0. The smallest absolute Gasteiger partial charge is 0.258 e. The normalized spacial score (nSPS) is 28.8. The van der Waals surface area contributed by atoms with Crippen LogP contribution in [0.2, 0.25) is 0 Å². The number of halogens is 3. The Morgan fingerprint density at radius 1 is 0.897 bits per heavy atom. The van der Waals surface area contributed by atoms with E-state index in [4.69, 9.17) is 0 Å². The Morgan fingerprint density at radius 2 is 1.59 bits per heavy atom. The monoisotopic (exact) mass is 408 g/mol. The molecule has 5 rings (SSSR count). The maximum atomic E-state index is 15.0. The minimum Gasteiger partial charge on any atom is -0.360 e. The zero-order valence-corrected chi connectivity index (χ0v) is 15.4. The molecule has 4 aliphatic heterocycles. The number of hydrogen-bond acceptors (Lipinski definition) is 5. The van der Waals surface area contributed by atoms with E-state index < -0.39 is 46.8 Å². The van der Waals surface area contributed by atoms with Gasteiger partial charge in [-0.25, -0.2) is 13.2 Å². The van der Waals surface area contributed by atoms with Crippen LogP contribution in [0.3, 0.4) is 0 Å². The lowest BCUT2D eigenvalue weighted by atomic mass is 10.0. The van der Waals surface area contributed by atoms with Gasteiger partial charge in [-0.05, 0) is 19.3 Å². The van der Waals surface area contributed by atoms with Gasteiger partial charge < -0.3 is 15.1 Å². The van der Waals surface area contributed by atoms with Crippen molar-refractivity contribution < 1.29 is 27.6 Å². The molecule has 4 aliphatic rings. The van der Waals surface area contributed by atoms with Crippen molar-refractivity contribution in [1.82, 2.24) is 15.5 Å². The molecule has 0 aromatic heterocycles. The van der Waals surface area contributed by atoms with E-state index in [-0.39, 0.29) is 42.7 Å². The molecule has 1 unspecified atom stereocenters. The Morgan fingerprint density at radius 3 is 2.24 bits per heavy atom. The van der Waals surface area contributed by atoms with Gasteiger partial charge in [0.2, 0.25) is 11.8 Å². The molecule has 1 aromatic rings. The standard InChI is InChI=1S/C19H19F3N4O3/c20-14-13-10(7-25(19(13)29)11-3-4-12(27)24-18(11)28)17(16(22)15(14)21)26-8-1-2-9(26)6-23-5-8/h8-9,11,23H,1-7H2,(H,24,27,28)/t8-,9+,11?. The van der Waals surface area contributed by atoms with Gasteiger partial charge in [0.15, 0.2) is 17.5 Å². The van der Waals surface area contributed by atoms with Gasteiger partial charge in [0.05, 0.1) is 11.3 Å². The second-order valence-electron chi connectivity index (χ2n) is 7.99. The molecule has 154 valence electrons. The van der Waals surface area contributed by atoms with Crippen LogP contribution >= 0.6 is 0 Å². The van der Waals surface area contributed by atoms with Crippen molar-refractivity contribution in [1.29, 1.82) is 0 Å². The molecule has 0 radical (unpaired) electrons. The van der Waals surface area contributed by atoms with Crippen LogP contribution in [0.4, 0.5) is 18.9 Å². The molecule has 3 fully saturated rings. The molecule has 2 N–H and O–H groups in total. The van der Waals surface area contributed by atoms with Gasteiger partial charge in [0.1, 0.15) is 6.04 Å². The van der Waals surface area contributed by atoms with Gasteiger partial charge in [-0.3, -0.25) is 19.7 Å². The van der Waals surface area contributed by atoms with Crippen LogP contribution in [0.15, 0.2) is 0 Å². The zero-order valence-electron chi connectivity index (χ0n) is 15.4. The van der Waals surface area contributed by atoms with Crippen molar-refractivity contribution in [3.05, 3.63) is 28.6 Å². The van der Waals surface area contributed by atoms with E-state index in [0.717, 1.165) is 17.7 Å². The van der Waals surface area contributed by atoms with Crippen molar-refractivity contribution in [3.63, 3.8) is 0 Å². The Labute approximate surface area is 164 Å². The number of amides is 3. The summed E-state index contributed by atoms with van der Waals surface area (Å²) in [5.74, 6) is -6.45. The van der Waals surface area contributed by atoms with Crippen molar-refractivity contribution in [3.8, 4) is 0 Å². The van der Waals surface area contributed by atoms with E-state index in [0.29, 0.717) is 13.1 Å². The van der Waals surface area contributed by atoms with Crippen molar-refractivity contribution in [2.24, 2.45) is 0 Å². The molecule has 3 saturated heterocycles. The highest BCUT2D eigenvalue weighted by Crippen LogP contribution is 2.43. The highest BCUT2D eigenvalue weighted by atomic mass is 19.2. The van der Waals surface area contributed by atoms with Crippen molar-refractivity contribution >= 4 is 23.4 Å². The van der Waals surface area contributed by atoms with Crippen LogP contribution in [-0.4, -0.2) is 53.8 Å². The van der Waals surface area contributed by atoms with E-state index in [9.17, 15) is 27.6 Å². The fourth-order valence-corrected chi connectivity index (χ4v) is 5.10. The van der Waals surface area contributed by atoms with Gasteiger partial charge in [0.25, 0.3) is 5.91 Å². The summed E-state index contributed by atoms with van der Waals surface area (Å²) in [6, 6.07) is -1.13. The SMILES string of the molecule is O=C1CCC(N2Cc3c(c(F)c(F)c(F)c3N3[C@@H]4CC[C@H]3CNC4)C2=O)C(=O)N1. The van der Waals surface area contributed by atoms with Crippen LogP contribution in [-0.2, 0) is 16.1 Å². The molecule has 1 aromatic carbocycles. The predicted octanol–water partition coefficient (Wildman–Crippen LogP) is 0.805. The summed E-state index contributed by atoms with van der Waals surface area (Å²) in [6.45, 7) is 0.982. The molecule has 3 atom stereocenters. The third-order valence-corrected chi connectivity index (χ3v) is 6.43. The van der Waals surface area contributed by atoms with Crippen LogP contribution < -0.4 is 15.5 Å². The minimum atomic E-state index is -1.67. The third kappa shape index (κ3) is 2.58. The van der Waals surface area contributed by atoms with Crippen LogP contribution in [0.5, 0.6) is 0 Å². The fourth-order valence-electron chi connectivity index (χ4n) is 5.10. The molecule has 3 amide bonds. The lowest BCUT2D eigenvalue weighted by Gasteiger charge is -2.38. The minimum absolute atomic E-state index is 0.0382. The molecule has 0 saturated carbocycles. The topological polar surface area (TPSA) is 81.8 Å². The Balaban J connectivity index is 1.60. The molecule has 29 heavy (non-hydrogen) atoms. The number of imide groups is 1. The van der Waals surface area contributed by atoms with Crippen LogP contribution in [0, 0.1) is 17.5 Å². The lowest BCUT2D eigenvalue weighted by Crippen LogP contribution is -2.53. The number of piperazine rings is 1. The van der Waals surface area contributed by atoms with Crippen molar-refractivity contribution in [2.75, 3.05) is 18.0 Å². The summed E-state index contributed by atoms with van der Waals surface area (Å²) in [7, 11) is 0. The molecule has 7 nitrogen and oxygen atoms in total. The quantitative estimate of drug-likeness (QED) is 0.559. The second kappa shape index (κ2) is 6.45. The van der Waals surface area contributed by atoms with E-state index in [2.05, 4.69) is 10.6 Å². The van der Waals surface area contributed by atoms with E-state index in [1.165, 1.54) is 0 Å². The fraction of sp³-hybridized carbons (Fsp3) is 0.526. The first kappa shape index (κ1) is 18.4. The Hall–Kier alpha value is -2.62. The number of hydrogen-bond donors (Lipinski definition) is 2. The molecule has 10 heteroatoms. The average Bonchev–Trinajstić information content (AvgIpc) is 3.13. The maximum Gasteiger partial charge on any atom is 0.258 e. The number of anilines is 1.